The van der Waals surface area contributed by atoms with Crippen molar-refractivity contribution in [3.8, 4) is 0 Å². The Morgan fingerprint density at radius 2 is 1.92 bits per heavy atom. The fourth-order valence-corrected chi connectivity index (χ4v) is 0.874. The Hall–Kier alpha value is -0.900. The monoisotopic (exact) mass is 201 g/mol. The number of rotatable bonds is 3. The van der Waals surface area contributed by atoms with E-state index in [2.05, 4.69) is 0 Å². The van der Waals surface area contributed by atoms with Crippen LogP contribution in [0.4, 0.5) is 0 Å². The standard InChI is InChI=1S/C9H11NO2.ClH/c1-12-9(10)8(11)7-5-3-2-4-6-7;/h2-6,9H,10H2,1H3;1H. The lowest BCUT2D eigenvalue weighted by Crippen LogP contribution is -2.32. The molecule has 0 saturated heterocycles. The molecule has 0 spiro atoms. The van der Waals surface area contributed by atoms with Crippen LogP contribution in [0.3, 0.4) is 0 Å². The highest BCUT2D eigenvalue weighted by Gasteiger charge is 2.13. The smallest absolute Gasteiger partial charge is 0.206 e. The fourth-order valence-electron chi connectivity index (χ4n) is 0.874. The van der Waals surface area contributed by atoms with E-state index in [1.165, 1.54) is 7.11 Å². The summed E-state index contributed by atoms with van der Waals surface area (Å²) < 4.78 is 4.69. The SMILES string of the molecule is COC(N)C(=O)c1ccccc1.Cl. The molecule has 3 nitrogen and oxygen atoms in total. The van der Waals surface area contributed by atoms with E-state index in [0.29, 0.717) is 5.56 Å². The van der Waals surface area contributed by atoms with Gasteiger partial charge in [-0.2, -0.15) is 0 Å². The van der Waals surface area contributed by atoms with Crippen LogP contribution in [-0.2, 0) is 4.74 Å². The average Bonchev–Trinajstić information content (AvgIpc) is 2.17. The molecule has 0 fully saturated rings. The average molecular weight is 202 g/mol. The summed E-state index contributed by atoms with van der Waals surface area (Å²) in [6.07, 6.45) is -0.854. The zero-order valence-electron chi connectivity index (χ0n) is 7.27. The minimum absolute atomic E-state index is 0. The van der Waals surface area contributed by atoms with Gasteiger partial charge in [0, 0.05) is 12.7 Å². The summed E-state index contributed by atoms with van der Waals surface area (Å²) in [5, 5.41) is 0. The summed E-state index contributed by atoms with van der Waals surface area (Å²) in [4.78, 5) is 11.3. The van der Waals surface area contributed by atoms with Gasteiger partial charge in [0.25, 0.3) is 0 Å². The van der Waals surface area contributed by atoms with Crippen molar-refractivity contribution in [2.75, 3.05) is 7.11 Å². The van der Waals surface area contributed by atoms with Crippen LogP contribution in [-0.4, -0.2) is 19.1 Å². The molecule has 0 amide bonds. The Morgan fingerprint density at radius 1 is 1.38 bits per heavy atom. The Labute approximate surface area is 83.3 Å². The number of carbonyl (C=O) groups is 1. The number of ether oxygens (including phenoxy) is 1. The zero-order valence-corrected chi connectivity index (χ0v) is 8.08. The van der Waals surface area contributed by atoms with Gasteiger partial charge in [-0.3, -0.25) is 10.5 Å². The number of Topliss-reactive ketones (excluding diaryl/α,β-unsaturated/α-hetero) is 1. The molecule has 4 heteroatoms. The van der Waals surface area contributed by atoms with E-state index >= 15 is 0 Å². The highest BCUT2D eigenvalue weighted by atomic mass is 35.5. The van der Waals surface area contributed by atoms with Crippen molar-refractivity contribution in [2.45, 2.75) is 6.23 Å². The minimum Gasteiger partial charge on any atom is -0.359 e. The third-order valence-corrected chi connectivity index (χ3v) is 1.57. The quantitative estimate of drug-likeness (QED) is 0.591. The van der Waals surface area contributed by atoms with Crippen LogP contribution >= 0.6 is 12.4 Å². The van der Waals surface area contributed by atoms with Crippen LogP contribution in [0.1, 0.15) is 10.4 Å². The molecule has 0 aromatic heterocycles. The molecule has 0 aliphatic heterocycles. The number of carbonyl (C=O) groups excluding carboxylic acids is 1. The Morgan fingerprint density at radius 3 is 2.38 bits per heavy atom. The van der Waals surface area contributed by atoms with Crippen molar-refractivity contribution in [2.24, 2.45) is 5.73 Å². The summed E-state index contributed by atoms with van der Waals surface area (Å²) in [5.41, 5.74) is 5.95. The highest BCUT2D eigenvalue weighted by molar-refractivity contribution is 5.98. The first-order chi connectivity index (χ1) is 5.75. The lowest BCUT2D eigenvalue weighted by Gasteiger charge is -2.07. The van der Waals surface area contributed by atoms with Gasteiger partial charge >= 0.3 is 0 Å². The lowest BCUT2D eigenvalue weighted by atomic mass is 10.1. The number of nitrogens with two attached hydrogens (primary N) is 1. The normalized spacial score (nSPS) is 11.5. The van der Waals surface area contributed by atoms with E-state index in [1.54, 1.807) is 24.3 Å². The number of methoxy groups -OCH3 is 1. The van der Waals surface area contributed by atoms with Crippen molar-refractivity contribution < 1.29 is 9.53 Å². The van der Waals surface area contributed by atoms with Crippen molar-refractivity contribution >= 4 is 18.2 Å². The van der Waals surface area contributed by atoms with Crippen LogP contribution in [0, 0.1) is 0 Å². The second kappa shape index (κ2) is 5.70. The molecule has 0 radical (unpaired) electrons. The fraction of sp³-hybridized carbons (Fsp3) is 0.222. The summed E-state index contributed by atoms with van der Waals surface area (Å²) in [7, 11) is 1.41. The maximum absolute atomic E-state index is 11.3. The van der Waals surface area contributed by atoms with Crippen LogP contribution in [0.2, 0.25) is 0 Å². The van der Waals surface area contributed by atoms with Gasteiger partial charge in [0.1, 0.15) is 0 Å². The first-order valence-corrected chi connectivity index (χ1v) is 3.63. The maximum Gasteiger partial charge on any atom is 0.206 e. The van der Waals surface area contributed by atoms with Crippen molar-refractivity contribution in [3.05, 3.63) is 35.9 Å². The van der Waals surface area contributed by atoms with E-state index in [1.807, 2.05) is 6.07 Å². The number of hydrogen-bond acceptors (Lipinski definition) is 3. The van der Waals surface area contributed by atoms with Crippen molar-refractivity contribution in [1.29, 1.82) is 0 Å². The van der Waals surface area contributed by atoms with Crippen LogP contribution in [0.5, 0.6) is 0 Å². The molecule has 0 aliphatic carbocycles. The first kappa shape index (κ1) is 12.1. The molecule has 2 N–H and O–H groups in total. The van der Waals surface area contributed by atoms with Crippen molar-refractivity contribution in [1.82, 2.24) is 0 Å². The third-order valence-electron chi connectivity index (χ3n) is 1.57. The van der Waals surface area contributed by atoms with E-state index < -0.39 is 6.23 Å². The Bertz CT molecular complexity index is 264. The molecule has 0 heterocycles. The van der Waals surface area contributed by atoms with Gasteiger partial charge in [-0.15, -0.1) is 12.4 Å². The van der Waals surface area contributed by atoms with Crippen LogP contribution in [0.15, 0.2) is 30.3 Å². The summed E-state index contributed by atoms with van der Waals surface area (Å²) in [6.45, 7) is 0. The topological polar surface area (TPSA) is 52.3 Å². The lowest BCUT2D eigenvalue weighted by molar-refractivity contribution is 0.0624. The van der Waals surface area contributed by atoms with E-state index in [4.69, 9.17) is 10.5 Å². The molecule has 1 atom stereocenters. The van der Waals surface area contributed by atoms with Gasteiger partial charge in [-0.25, -0.2) is 0 Å². The molecule has 1 rings (SSSR count). The number of halogens is 1. The summed E-state index contributed by atoms with van der Waals surface area (Å²) in [5.74, 6) is -0.196. The highest BCUT2D eigenvalue weighted by Crippen LogP contribution is 2.01. The third kappa shape index (κ3) is 3.14. The molecule has 0 bridgehead atoms. The summed E-state index contributed by atoms with van der Waals surface area (Å²) >= 11 is 0. The van der Waals surface area contributed by atoms with Gasteiger partial charge < -0.3 is 4.74 Å². The number of benzene rings is 1. The van der Waals surface area contributed by atoms with Gasteiger partial charge in [0.2, 0.25) is 5.78 Å². The Balaban J connectivity index is 0.00000144. The molecular formula is C9H12ClNO2. The molecule has 0 saturated carbocycles. The zero-order chi connectivity index (χ0) is 8.97. The van der Waals surface area contributed by atoms with E-state index in [-0.39, 0.29) is 18.2 Å². The largest absolute Gasteiger partial charge is 0.359 e. The second-order valence-corrected chi connectivity index (χ2v) is 2.39. The summed E-state index contributed by atoms with van der Waals surface area (Å²) in [6, 6.07) is 8.84. The molecule has 1 unspecified atom stereocenters. The van der Waals surface area contributed by atoms with Gasteiger partial charge in [0.15, 0.2) is 6.23 Å². The van der Waals surface area contributed by atoms with Crippen molar-refractivity contribution in [3.63, 3.8) is 0 Å². The predicted octanol–water partition coefficient (Wildman–Crippen LogP) is 1.22. The molecule has 0 aliphatic rings. The molecule has 13 heavy (non-hydrogen) atoms. The number of ketones is 1. The van der Waals surface area contributed by atoms with E-state index in [0.717, 1.165) is 0 Å². The Kier molecular flexibility index (Phi) is 5.30. The van der Waals surface area contributed by atoms with Crippen LogP contribution in [0.25, 0.3) is 0 Å². The van der Waals surface area contributed by atoms with Gasteiger partial charge in [-0.05, 0) is 0 Å². The van der Waals surface area contributed by atoms with Gasteiger partial charge in [0.05, 0.1) is 0 Å². The first-order valence-electron chi connectivity index (χ1n) is 3.63. The molecule has 1 aromatic rings. The molecule has 1 aromatic carbocycles. The maximum atomic E-state index is 11.3. The predicted molar refractivity (Wildman–Crippen MR) is 53.0 cm³/mol. The number of hydrogen-bond donors (Lipinski definition) is 1. The molecular weight excluding hydrogens is 190 g/mol. The van der Waals surface area contributed by atoms with Crippen LogP contribution < -0.4 is 5.73 Å². The second-order valence-electron chi connectivity index (χ2n) is 2.39. The van der Waals surface area contributed by atoms with E-state index in [9.17, 15) is 4.79 Å². The molecule has 72 valence electrons. The minimum atomic E-state index is -0.854. The van der Waals surface area contributed by atoms with Gasteiger partial charge in [-0.1, -0.05) is 30.3 Å².